The van der Waals surface area contributed by atoms with Gasteiger partial charge in [0.2, 0.25) is 0 Å². The third-order valence-electron chi connectivity index (χ3n) is 3.42. The van der Waals surface area contributed by atoms with Gasteiger partial charge in [0.1, 0.15) is 10.0 Å². The number of benzene rings is 1. The van der Waals surface area contributed by atoms with Crippen molar-refractivity contribution in [1.29, 1.82) is 0 Å². The molecule has 1 unspecified atom stereocenters. The van der Waals surface area contributed by atoms with Crippen LogP contribution in [0, 0.1) is 0 Å². The Morgan fingerprint density at radius 3 is 3.05 bits per heavy atom. The van der Waals surface area contributed by atoms with Gasteiger partial charge in [-0.3, -0.25) is 0 Å². The zero-order valence-electron chi connectivity index (χ0n) is 11.6. The zero-order valence-corrected chi connectivity index (χ0v) is 13.3. The second-order valence-electron chi connectivity index (χ2n) is 4.94. The standard InChI is InChI=1S/C15H19N3S2/c1-2-8-16-9-7-14-17-18-15(20-14)12-10-19-13-6-4-3-5-11(12)13/h3-6,12,16H,2,7-10H2,1H3. The number of fused-ring (bicyclic) bond motifs is 1. The Balaban J connectivity index is 1.66. The van der Waals surface area contributed by atoms with E-state index in [1.54, 1.807) is 11.3 Å². The molecule has 0 aliphatic carbocycles. The van der Waals surface area contributed by atoms with Crippen molar-refractivity contribution in [2.45, 2.75) is 30.6 Å². The zero-order chi connectivity index (χ0) is 13.8. The third kappa shape index (κ3) is 3.05. The molecule has 1 aromatic heterocycles. The van der Waals surface area contributed by atoms with Crippen LogP contribution < -0.4 is 5.32 Å². The molecule has 0 fully saturated rings. The summed E-state index contributed by atoms with van der Waals surface area (Å²) < 4.78 is 0. The molecule has 5 heteroatoms. The Hall–Kier alpha value is -0.910. The monoisotopic (exact) mass is 305 g/mol. The van der Waals surface area contributed by atoms with Crippen LogP contribution in [0.1, 0.15) is 34.8 Å². The van der Waals surface area contributed by atoms with Gasteiger partial charge in [-0.15, -0.1) is 33.3 Å². The van der Waals surface area contributed by atoms with Gasteiger partial charge in [0, 0.05) is 29.5 Å². The van der Waals surface area contributed by atoms with Gasteiger partial charge in [0.05, 0.1) is 0 Å². The second kappa shape index (κ2) is 6.70. The molecule has 2 aromatic rings. The van der Waals surface area contributed by atoms with Crippen molar-refractivity contribution in [3.05, 3.63) is 39.8 Å². The molecule has 1 atom stereocenters. The van der Waals surface area contributed by atoms with Crippen molar-refractivity contribution in [2.24, 2.45) is 0 Å². The molecule has 1 aliphatic rings. The maximum atomic E-state index is 4.42. The molecule has 0 spiro atoms. The summed E-state index contributed by atoms with van der Waals surface area (Å²) in [6.45, 7) is 4.27. The van der Waals surface area contributed by atoms with Crippen molar-refractivity contribution in [2.75, 3.05) is 18.8 Å². The van der Waals surface area contributed by atoms with Gasteiger partial charge in [-0.25, -0.2) is 0 Å². The lowest BCUT2D eigenvalue weighted by atomic mass is 10.0. The topological polar surface area (TPSA) is 37.8 Å². The molecule has 0 saturated heterocycles. The highest BCUT2D eigenvalue weighted by Crippen LogP contribution is 2.43. The SMILES string of the molecule is CCCNCCc1nnc(C2CSc3ccccc32)s1. The first kappa shape index (κ1) is 14.0. The number of hydrogen-bond acceptors (Lipinski definition) is 5. The predicted molar refractivity (Wildman–Crippen MR) is 85.8 cm³/mol. The van der Waals surface area contributed by atoms with Crippen LogP contribution in [0.2, 0.25) is 0 Å². The highest BCUT2D eigenvalue weighted by Gasteiger charge is 2.27. The molecule has 3 nitrogen and oxygen atoms in total. The fourth-order valence-electron chi connectivity index (χ4n) is 2.37. The van der Waals surface area contributed by atoms with Gasteiger partial charge in [0.15, 0.2) is 0 Å². The fourth-order valence-corrected chi connectivity index (χ4v) is 4.67. The van der Waals surface area contributed by atoms with E-state index in [0.717, 1.165) is 30.3 Å². The summed E-state index contributed by atoms with van der Waals surface area (Å²) in [6.07, 6.45) is 2.16. The Morgan fingerprint density at radius 1 is 1.25 bits per heavy atom. The quantitative estimate of drug-likeness (QED) is 0.831. The molecule has 106 valence electrons. The summed E-state index contributed by atoms with van der Waals surface area (Å²) in [5.41, 5.74) is 1.42. The number of nitrogens with one attached hydrogen (secondary N) is 1. The molecule has 0 amide bonds. The number of thioether (sulfide) groups is 1. The summed E-state index contributed by atoms with van der Waals surface area (Å²) in [4.78, 5) is 1.40. The molecule has 1 aromatic carbocycles. The summed E-state index contributed by atoms with van der Waals surface area (Å²) in [6, 6.07) is 8.66. The maximum Gasteiger partial charge on any atom is 0.125 e. The average Bonchev–Trinajstić information content (AvgIpc) is 3.10. The Labute approximate surface area is 128 Å². The first-order valence-electron chi connectivity index (χ1n) is 7.13. The first-order chi connectivity index (χ1) is 9.88. The van der Waals surface area contributed by atoms with E-state index in [4.69, 9.17) is 0 Å². The number of hydrogen-bond donors (Lipinski definition) is 1. The molecular formula is C15H19N3S2. The summed E-state index contributed by atoms with van der Waals surface area (Å²) in [7, 11) is 0. The highest BCUT2D eigenvalue weighted by molar-refractivity contribution is 7.99. The maximum absolute atomic E-state index is 4.42. The van der Waals surface area contributed by atoms with E-state index >= 15 is 0 Å². The summed E-state index contributed by atoms with van der Waals surface area (Å²) >= 11 is 3.71. The summed E-state index contributed by atoms with van der Waals surface area (Å²) in [5, 5.41) is 14.5. The molecule has 0 radical (unpaired) electrons. The minimum atomic E-state index is 0.436. The van der Waals surface area contributed by atoms with Gasteiger partial charge in [-0.2, -0.15) is 0 Å². The van der Waals surface area contributed by atoms with E-state index < -0.39 is 0 Å². The Kier molecular flexibility index (Phi) is 4.70. The van der Waals surface area contributed by atoms with Crippen molar-refractivity contribution in [3.8, 4) is 0 Å². The smallest absolute Gasteiger partial charge is 0.125 e. The number of rotatable bonds is 6. The van der Waals surface area contributed by atoms with Crippen molar-refractivity contribution in [1.82, 2.24) is 15.5 Å². The first-order valence-corrected chi connectivity index (χ1v) is 8.93. The molecular weight excluding hydrogens is 286 g/mol. The molecule has 3 rings (SSSR count). The minimum Gasteiger partial charge on any atom is -0.316 e. The molecule has 20 heavy (non-hydrogen) atoms. The van der Waals surface area contributed by atoms with Crippen LogP contribution in [0.4, 0.5) is 0 Å². The fraction of sp³-hybridized carbons (Fsp3) is 0.467. The van der Waals surface area contributed by atoms with Crippen molar-refractivity contribution < 1.29 is 0 Å². The van der Waals surface area contributed by atoms with Crippen LogP contribution in [0.25, 0.3) is 0 Å². The number of aromatic nitrogens is 2. The van der Waals surface area contributed by atoms with Crippen LogP contribution in [-0.2, 0) is 6.42 Å². The van der Waals surface area contributed by atoms with E-state index in [0.29, 0.717) is 5.92 Å². The van der Waals surface area contributed by atoms with Gasteiger partial charge in [-0.1, -0.05) is 25.1 Å². The lowest BCUT2D eigenvalue weighted by Gasteiger charge is -2.05. The van der Waals surface area contributed by atoms with Crippen LogP contribution >= 0.6 is 23.1 Å². The normalized spacial score (nSPS) is 17.4. The Bertz CT molecular complexity index is 568. The van der Waals surface area contributed by atoms with Crippen LogP contribution in [-0.4, -0.2) is 29.0 Å². The third-order valence-corrected chi connectivity index (χ3v) is 5.70. The highest BCUT2D eigenvalue weighted by atomic mass is 32.2. The van der Waals surface area contributed by atoms with Gasteiger partial charge < -0.3 is 5.32 Å². The van der Waals surface area contributed by atoms with E-state index in [2.05, 4.69) is 46.7 Å². The molecule has 0 saturated carbocycles. The molecule has 1 aliphatic heterocycles. The van der Waals surface area contributed by atoms with E-state index in [1.165, 1.54) is 21.9 Å². The van der Waals surface area contributed by atoms with Crippen LogP contribution in [0.3, 0.4) is 0 Å². The molecule has 1 N–H and O–H groups in total. The lowest BCUT2D eigenvalue weighted by molar-refractivity contribution is 0.667. The van der Waals surface area contributed by atoms with Gasteiger partial charge >= 0.3 is 0 Å². The summed E-state index contributed by atoms with van der Waals surface area (Å²) in [5.74, 6) is 1.54. The van der Waals surface area contributed by atoms with E-state index in [1.807, 2.05) is 11.8 Å². The van der Waals surface area contributed by atoms with Crippen molar-refractivity contribution in [3.63, 3.8) is 0 Å². The van der Waals surface area contributed by atoms with Crippen LogP contribution in [0.15, 0.2) is 29.2 Å². The second-order valence-corrected chi connectivity index (χ2v) is 7.09. The predicted octanol–water partition coefficient (Wildman–Crippen LogP) is 3.32. The van der Waals surface area contributed by atoms with Crippen molar-refractivity contribution >= 4 is 23.1 Å². The van der Waals surface area contributed by atoms with Gasteiger partial charge in [-0.05, 0) is 24.6 Å². The van der Waals surface area contributed by atoms with E-state index in [-0.39, 0.29) is 0 Å². The number of nitrogens with zero attached hydrogens (tertiary/aromatic N) is 2. The van der Waals surface area contributed by atoms with Gasteiger partial charge in [0.25, 0.3) is 0 Å². The van der Waals surface area contributed by atoms with E-state index in [9.17, 15) is 0 Å². The lowest BCUT2D eigenvalue weighted by Crippen LogP contribution is -2.17. The minimum absolute atomic E-state index is 0.436. The largest absolute Gasteiger partial charge is 0.316 e. The average molecular weight is 305 g/mol. The molecule has 0 bridgehead atoms. The van der Waals surface area contributed by atoms with Crippen LogP contribution in [0.5, 0.6) is 0 Å². The molecule has 2 heterocycles. The Morgan fingerprint density at radius 2 is 2.15 bits per heavy atom.